The second-order valence-corrected chi connectivity index (χ2v) is 39.2. The number of halogens is 4. The summed E-state index contributed by atoms with van der Waals surface area (Å²) in [7, 11) is 19.0. The van der Waals surface area contributed by atoms with Gasteiger partial charge < -0.3 is 0 Å². The van der Waals surface area contributed by atoms with E-state index in [1.807, 2.05) is 0 Å². The van der Waals surface area contributed by atoms with Gasteiger partial charge >= 0.3 is 50.9 Å². The Bertz CT molecular complexity index is 85.2. The minimum atomic E-state index is -5.21. The van der Waals surface area contributed by atoms with Crippen molar-refractivity contribution in [1.29, 1.82) is 0 Å². The van der Waals surface area contributed by atoms with Crippen molar-refractivity contribution in [3.8, 4) is 0 Å². The van der Waals surface area contributed by atoms with Gasteiger partial charge in [0.2, 0.25) is 0 Å². The Labute approximate surface area is 50.4 Å². The summed E-state index contributed by atoms with van der Waals surface area (Å²) < 4.78 is 9.96. The minimum absolute atomic E-state index is 4.75. The molecule has 0 radical (unpaired) electrons. The van der Waals surface area contributed by atoms with Crippen molar-refractivity contribution in [3.05, 3.63) is 0 Å². The Hall–Kier alpha value is 1.83. The molecule has 0 unspecified atom stereocenters. The van der Waals surface area contributed by atoms with Crippen LogP contribution in [-0.2, 0) is 16.6 Å². The summed E-state index contributed by atoms with van der Waals surface area (Å²) in [6.07, 6.45) is 0. The van der Waals surface area contributed by atoms with Gasteiger partial charge in [-0.15, -0.1) is 0 Å². The molecule has 0 heterocycles. The predicted octanol–water partition coefficient (Wildman–Crippen LogP) is 2.64. The van der Waals surface area contributed by atoms with Crippen LogP contribution in [0.1, 0.15) is 0 Å². The molecule has 1 nitrogen and oxygen atoms in total. The zero-order valence-electron chi connectivity index (χ0n) is 2.42. The average molecular weight is 336 g/mol. The van der Waals surface area contributed by atoms with Crippen LogP contribution >= 0.6 is 34.3 Å². The van der Waals surface area contributed by atoms with Crippen molar-refractivity contribution in [2.75, 3.05) is 0 Å². The van der Waals surface area contributed by atoms with Crippen LogP contribution in [0.4, 0.5) is 0 Å². The Balaban J connectivity index is 4.16. The van der Waals surface area contributed by atoms with Crippen molar-refractivity contribution in [3.63, 3.8) is 0 Å². The van der Waals surface area contributed by atoms with Gasteiger partial charge in [0.1, 0.15) is 0 Å². The standard InChI is InChI=1S/4ClH.Hf.O/h4*1H;;/q;;;;+4;/p-4. The summed E-state index contributed by atoms with van der Waals surface area (Å²) >= 11 is -5.21. The molecule has 0 saturated heterocycles. The van der Waals surface area contributed by atoms with Crippen LogP contribution in [0.2, 0.25) is 0 Å². The van der Waals surface area contributed by atoms with E-state index in [2.05, 4.69) is 0 Å². The number of rotatable bonds is 0. The van der Waals surface area contributed by atoms with Crippen LogP contribution in [0, 0.1) is 0 Å². The van der Waals surface area contributed by atoms with Gasteiger partial charge in [0, 0.05) is 0 Å². The van der Waals surface area contributed by atoms with Gasteiger partial charge in [-0.2, -0.15) is 0 Å². The van der Waals surface area contributed by atoms with Crippen molar-refractivity contribution >= 4 is 34.3 Å². The SMILES string of the molecule is [O]=[Hf]([Cl])([Cl])([Cl])[Cl]. The molecule has 0 aromatic rings. The molecule has 0 bridgehead atoms. The van der Waals surface area contributed by atoms with Crippen LogP contribution < -0.4 is 0 Å². The zero-order chi connectivity index (χ0) is 5.45. The summed E-state index contributed by atoms with van der Waals surface area (Å²) in [5, 5.41) is 0. The Morgan fingerprint density at radius 3 is 1.00 bits per heavy atom. The predicted molar refractivity (Wildman–Crippen MR) is 24.1 cm³/mol. The van der Waals surface area contributed by atoms with E-state index in [4.69, 9.17) is 34.3 Å². The van der Waals surface area contributed by atoms with E-state index in [1.54, 1.807) is 0 Å². The summed E-state index contributed by atoms with van der Waals surface area (Å²) in [6, 6.07) is 0. The summed E-state index contributed by atoms with van der Waals surface area (Å²) in [5.41, 5.74) is 0. The molecular formula is Cl4HfO. The molecule has 6 heteroatoms. The van der Waals surface area contributed by atoms with Gasteiger partial charge in [0.05, 0.1) is 0 Å². The van der Waals surface area contributed by atoms with Gasteiger partial charge in [-0.05, 0) is 0 Å². The van der Waals surface area contributed by atoms with Crippen LogP contribution in [0.5, 0.6) is 0 Å². The molecular weight excluding hydrogens is 336 g/mol. The molecule has 0 rings (SSSR count). The summed E-state index contributed by atoms with van der Waals surface area (Å²) in [4.78, 5) is 0. The van der Waals surface area contributed by atoms with E-state index in [0.717, 1.165) is 0 Å². The van der Waals surface area contributed by atoms with Gasteiger partial charge in [-0.25, -0.2) is 0 Å². The molecule has 0 aromatic carbocycles. The summed E-state index contributed by atoms with van der Waals surface area (Å²) in [5.74, 6) is 0. The van der Waals surface area contributed by atoms with Crippen molar-refractivity contribution in [2.24, 2.45) is 0 Å². The quantitative estimate of drug-likeness (QED) is 0.622. The van der Waals surface area contributed by atoms with E-state index in [1.165, 1.54) is 0 Å². The molecule has 0 fully saturated rings. The van der Waals surface area contributed by atoms with E-state index >= 15 is 0 Å². The third-order valence-electron chi connectivity index (χ3n) is 0. The normalized spacial score (nSPS) is 14.8. The maximum atomic E-state index is 9.96. The fourth-order valence-electron chi connectivity index (χ4n) is 0. The first-order valence-electron chi connectivity index (χ1n) is 0.960. The average Bonchev–Trinajstić information content (AvgIpc) is 0.650. The molecule has 38 valence electrons. The van der Waals surface area contributed by atoms with Crippen molar-refractivity contribution < 1.29 is 16.6 Å². The first-order chi connectivity index (χ1) is 2.24. The van der Waals surface area contributed by atoms with Crippen LogP contribution in [-0.4, -0.2) is 0 Å². The van der Waals surface area contributed by atoms with Gasteiger partial charge in [-0.3, -0.25) is 0 Å². The Morgan fingerprint density at radius 1 is 1.00 bits per heavy atom. The van der Waals surface area contributed by atoms with Crippen LogP contribution in [0.3, 0.4) is 0 Å². The van der Waals surface area contributed by atoms with Crippen molar-refractivity contribution in [2.45, 2.75) is 0 Å². The second-order valence-electron chi connectivity index (χ2n) is 0.737. The topological polar surface area (TPSA) is 17.1 Å². The van der Waals surface area contributed by atoms with E-state index in [9.17, 15) is 2.85 Å². The first-order valence-corrected chi connectivity index (χ1v) is 20.2. The second kappa shape index (κ2) is 1.66. The molecule has 0 aliphatic heterocycles. The molecule has 0 N–H and O–H groups in total. The number of hydrogen-bond acceptors (Lipinski definition) is 1. The van der Waals surface area contributed by atoms with Crippen LogP contribution in [0.25, 0.3) is 0 Å². The van der Waals surface area contributed by atoms with E-state index < -0.39 is 13.8 Å². The van der Waals surface area contributed by atoms with Crippen molar-refractivity contribution in [1.82, 2.24) is 0 Å². The molecule has 0 aliphatic carbocycles. The van der Waals surface area contributed by atoms with E-state index in [0.29, 0.717) is 0 Å². The molecule has 0 aliphatic rings. The molecule has 0 atom stereocenters. The third-order valence-corrected chi connectivity index (χ3v) is 0. The monoisotopic (exact) mass is 336 g/mol. The van der Waals surface area contributed by atoms with Crippen LogP contribution in [0.15, 0.2) is 0 Å². The molecule has 0 aromatic heterocycles. The fourth-order valence-corrected chi connectivity index (χ4v) is 0. The van der Waals surface area contributed by atoms with E-state index in [-0.39, 0.29) is 0 Å². The van der Waals surface area contributed by atoms with Gasteiger partial charge in [-0.1, -0.05) is 0 Å². The first kappa shape index (κ1) is 7.83. The molecule has 0 amide bonds. The summed E-state index contributed by atoms with van der Waals surface area (Å²) in [6.45, 7) is 0. The molecule has 6 heavy (non-hydrogen) atoms. The third kappa shape index (κ3) is 40.6. The zero-order valence-corrected chi connectivity index (χ0v) is 9.04. The van der Waals surface area contributed by atoms with Gasteiger partial charge in [0.25, 0.3) is 0 Å². The fraction of sp³-hybridized carbons (Fsp3) is 0. The Morgan fingerprint density at radius 2 is 1.00 bits per heavy atom. The molecule has 0 spiro atoms. The molecule has 0 saturated carbocycles. The Kier molecular flexibility index (Phi) is 2.16. The number of hydrogen-bond donors (Lipinski definition) is 0. The maximum absolute atomic E-state index is 9.96. The van der Waals surface area contributed by atoms with Gasteiger partial charge in [0.15, 0.2) is 0 Å².